The summed E-state index contributed by atoms with van der Waals surface area (Å²) >= 11 is 0. The van der Waals surface area contributed by atoms with Gasteiger partial charge in [-0.2, -0.15) is 0 Å². The van der Waals surface area contributed by atoms with Crippen molar-refractivity contribution in [3.05, 3.63) is 59.4 Å². The second kappa shape index (κ2) is 6.30. The molecule has 0 amide bonds. The molecule has 0 bridgehead atoms. The van der Waals surface area contributed by atoms with Gasteiger partial charge in [0.2, 0.25) is 0 Å². The Kier molecular flexibility index (Phi) is 4.02. The number of aliphatic hydroxyl groups excluding tert-OH is 1. The summed E-state index contributed by atoms with van der Waals surface area (Å²) < 4.78 is 5.57. The van der Waals surface area contributed by atoms with Gasteiger partial charge in [0, 0.05) is 44.4 Å². The highest BCUT2D eigenvalue weighted by atomic mass is 16.5. The highest BCUT2D eigenvalue weighted by Crippen LogP contribution is 2.28. The molecule has 4 rings (SSSR count). The molecular weight excluding hydrogens is 288 g/mol. The van der Waals surface area contributed by atoms with Crippen LogP contribution in [0.3, 0.4) is 0 Å². The van der Waals surface area contributed by atoms with Gasteiger partial charge in [-0.25, -0.2) is 0 Å². The SMILES string of the molecule is O[C@@H]1CN(Cc2ccc3c(c2)CCO3)C[C@H]1Cc1ccncc1. The van der Waals surface area contributed by atoms with Gasteiger partial charge in [-0.15, -0.1) is 0 Å². The molecule has 0 aliphatic carbocycles. The van der Waals surface area contributed by atoms with Crippen LogP contribution in [0.1, 0.15) is 16.7 Å². The highest BCUT2D eigenvalue weighted by molar-refractivity contribution is 5.39. The predicted octanol–water partition coefficient (Wildman–Crippen LogP) is 2.05. The van der Waals surface area contributed by atoms with Gasteiger partial charge in [0.05, 0.1) is 12.7 Å². The topological polar surface area (TPSA) is 45.6 Å². The first-order valence-electron chi connectivity index (χ1n) is 8.32. The number of fused-ring (bicyclic) bond motifs is 1. The van der Waals surface area contributed by atoms with Gasteiger partial charge in [-0.3, -0.25) is 9.88 Å². The van der Waals surface area contributed by atoms with E-state index in [0.29, 0.717) is 5.92 Å². The molecule has 2 atom stereocenters. The Morgan fingerprint density at radius 1 is 1.13 bits per heavy atom. The zero-order valence-electron chi connectivity index (χ0n) is 13.2. The average molecular weight is 310 g/mol. The number of rotatable bonds is 4. The number of aromatic nitrogens is 1. The molecule has 0 radical (unpaired) electrons. The number of likely N-dealkylation sites (tertiary alicyclic amines) is 1. The summed E-state index contributed by atoms with van der Waals surface area (Å²) in [5.74, 6) is 1.33. The lowest BCUT2D eigenvalue weighted by Crippen LogP contribution is -2.21. The summed E-state index contributed by atoms with van der Waals surface area (Å²) in [6.45, 7) is 3.40. The zero-order chi connectivity index (χ0) is 15.6. The summed E-state index contributed by atoms with van der Waals surface area (Å²) in [5, 5.41) is 10.4. The third kappa shape index (κ3) is 3.23. The fourth-order valence-corrected chi connectivity index (χ4v) is 3.69. The minimum atomic E-state index is -0.249. The largest absolute Gasteiger partial charge is 0.493 e. The van der Waals surface area contributed by atoms with Crippen molar-refractivity contribution >= 4 is 0 Å². The molecule has 0 spiro atoms. The Bertz CT molecular complexity index is 674. The summed E-state index contributed by atoms with van der Waals surface area (Å²) in [6, 6.07) is 10.6. The molecule has 4 nitrogen and oxygen atoms in total. The third-order valence-corrected chi connectivity index (χ3v) is 4.89. The molecule has 0 unspecified atom stereocenters. The van der Waals surface area contributed by atoms with Crippen molar-refractivity contribution < 1.29 is 9.84 Å². The summed E-state index contributed by atoms with van der Waals surface area (Å²) in [5.41, 5.74) is 3.88. The lowest BCUT2D eigenvalue weighted by molar-refractivity contribution is 0.141. The number of aliphatic hydroxyl groups is 1. The van der Waals surface area contributed by atoms with Gasteiger partial charge in [-0.1, -0.05) is 12.1 Å². The number of benzene rings is 1. The Hall–Kier alpha value is -1.91. The lowest BCUT2D eigenvalue weighted by Gasteiger charge is -2.16. The monoisotopic (exact) mass is 310 g/mol. The second-order valence-electron chi connectivity index (χ2n) is 6.62. The van der Waals surface area contributed by atoms with E-state index in [1.165, 1.54) is 16.7 Å². The van der Waals surface area contributed by atoms with E-state index in [4.69, 9.17) is 4.74 Å². The van der Waals surface area contributed by atoms with E-state index in [-0.39, 0.29) is 6.10 Å². The van der Waals surface area contributed by atoms with Gasteiger partial charge in [-0.05, 0) is 41.3 Å². The van der Waals surface area contributed by atoms with Crippen LogP contribution < -0.4 is 4.74 Å². The molecule has 1 fully saturated rings. The Morgan fingerprint density at radius 3 is 2.87 bits per heavy atom. The van der Waals surface area contributed by atoms with Crippen LogP contribution in [0, 0.1) is 5.92 Å². The van der Waals surface area contributed by atoms with E-state index < -0.39 is 0 Å². The maximum Gasteiger partial charge on any atom is 0.122 e. The molecule has 4 heteroatoms. The number of β-amino-alcohol motifs (C(OH)–C–C–N with tert-alkyl or cyclic N) is 1. The Labute approximate surface area is 136 Å². The van der Waals surface area contributed by atoms with E-state index in [9.17, 15) is 5.11 Å². The molecule has 2 aliphatic rings. The van der Waals surface area contributed by atoms with E-state index >= 15 is 0 Å². The summed E-state index contributed by atoms with van der Waals surface area (Å²) in [6.07, 6.45) is 5.32. The van der Waals surface area contributed by atoms with Crippen LogP contribution in [0.4, 0.5) is 0 Å². The first kappa shape index (κ1) is 14.7. The predicted molar refractivity (Wildman–Crippen MR) is 88.4 cm³/mol. The van der Waals surface area contributed by atoms with Crippen LogP contribution in [-0.2, 0) is 19.4 Å². The van der Waals surface area contributed by atoms with Crippen molar-refractivity contribution in [2.75, 3.05) is 19.7 Å². The van der Waals surface area contributed by atoms with Crippen LogP contribution in [0.5, 0.6) is 5.75 Å². The van der Waals surface area contributed by atoms with Crippen LogP contribution in [0.2, 0.25) is 0 Å². The Balaban J connectivity index is 1.39. The number of pyridine rings is 1. The van der Waals surface area contributed by atoms with Crippen molar-refractivity contribution in [3.8, 4) is 5.75 Å². The van der Waals surface area contributed by atoms with Crippen LogP contribution in [-0.4, -0.2) is 40.8 Å². The zero-order valence-corrected chi connectivity index (χ0v) is 13.2. The normalized spacial score (nSPS) is 23.7. The maximum absolute atomic E-state index is 10.4. The minimum Gasteiger partial charge on any atom is -0.493 e. The highest BCUT2D eigenvalue weighted by Gasteiger charge is 2.31. The summed E-state index contributed by atoms with van der Waals surface area (Å²) in [4.78, 5) is 6.41. The van der Waals surface area contributed by atoms with Gasteiger partial charge < -0.3 is 9.84 Å². The molecular formula is C19H22N2O2. The molecule has 23 heavy (non-hydrogen) atoms. The molecule has 3 heterocycles. The van der Waals surface area contributed by atoms with E-state index in [2.05, 4.69) is 28.1 Å². The number of nitrogens with zero attached hydrogens (tertiary/aromatic N) is 2. The van der Waals surface area contributed by atoms with Gasteiger partial charge in [0.15, 0.2) is 0 Å². The molecule has 1 aromatic carbocycles. The molecule has 2 aromatic rings. The number of hydrogen-bond acceptors (Lipinski definition) is 4. The van der Waals surface area contributed by atoms with E-state index in [1.807, 2.05) is 24.5 Å². The quantitative estimate of drug-likeness (QED) is 0.939. The van der Waals surface area contributed by atoms with E-state index in [1.54, 1.807) is 0 Å². The van der Waals surface area contributed by atoms with Crippen LogP contribution in [0.15, 0.2) is 42.7 Å². The van der Waals surface area contributed by atoms with Crippen LogP contribution >= 0.6 is 0 Å². The van der Waals surface area contributed by atoms with Gasteiger partial charge in [0.25, 0.3) is 0 Å². The molecule has 1 aromatic heterocycles. The molecule has 1 N–H and O–H groups in total. The molecule has 120 valence electrons. The first-order valence-corrected chi connectivity index (χ1v) is 8.32. The molecule has 2 aliphatic heterocycles. The van der Waals surface area contributed by atoms with Crippen molar-refractivity contribution in [1.82, 2.24) is 9.88 Å². The third-order valence-electron chi connectivity index (χ3n) is 4.89. The van der Waals surface area contributed by atoms with Crippen LogP contribution in [0.25, 0.3) is 0 Å². The van der Waals surface area contributed by atoms with Crippen molar-refractivity contribution in [3.63, 3.8) is 0 Å². The average Bonchev–Trinajstić information content (AvgIpc) is 3.15. The molecule has 1 saturated heterocycles. The van der Waals surface area contributed by atoms with Crippen molar-refractivity contribution in [2.45, 2.75) is 25.5 Å². The first-order chi connectivity index (χ1) is 11.3. The molecule has 0 saturated carbocycles. The smallest absolute Gasteiger partial charge is 0.122 e. The minimum absolute atomic E-state index is 0.249. The lowest BCUT2D eigenvalue weighted by atomic mass is 9.97. The fraction of sp³-hybridized carbons (Fsp3) is 0.421. The van der Waals surface area contributed by atoms with Gasteiger partial charge >= 0.3 is 0 Å². The van der Waals surface area contributed by atoms with Gasteiger partial charge in [0.1, 0.15) is 5.75 Å². The van der Waals surface area contributed by atoms with E-state index in [0.717, 1.165) is 44.8 Å². The van der Waals surface area contributed by atoms with Crippen molar-refractivity contribution in [1.29, 1.82) is 0 Å². The maximum atomic E-state index is 10.4. The summed E-state index contributed by atoms with van der Waals surface area (Å²) in [7, 11) is 0. The number of hydrogen-bond donors (Lipinski definition) is 1. The standard InChI is InChI=1S/C19H22N2O2/c22-18-13-21(12-17(18)9-14-3-6-20-7-4-14)11-15-1-2-19-16(10-15)5-8-23-19/h1-4,6-7,10,17-18,22H,5,8-9,11-13H2/t17-,18-/m1/s1. The Morgan fingerprint density at radius 2 is 2.00 bits per heavy atom. The van der Waals surface area contributed by atoms with Crippen molar-refractivity contribution in [2.24, 2.45) is 5.92 Å². The number of ether oxygens (including phenoxy) is 1. The second-order valence-corrected chi connectivity index (χ2v) is 6.62. The fourth-order valence-electron chi connectivity index (χ4n) is 3.69.